The van der Waals surface area contributed by atoms with Crippen LogP contribution in [0.3, 0.4) is 0 Å². The van der Waals surface area contributed by atoms with Crippen LogP contribution in [0, 0.1) is 0 Å². The normalized spacial score (nSPS) is 13.6. The number of halogens is 1. The molecule has 7 heteroatoms. The fourth-order valence-electron chi connectivity index (χ4n) is 3.37. The first kappa shape index (κ1) is 18.1. The number of nitrogens with two attached hydrogens (primary N) is 2. The topological polar surface area (TPSA) is 90.2 Å². The van der Waals surface area contributed by atoms with Crippen LogP contribution in [-0.2, 0) is 12.8 Å². The molecule has 0 saturated heterocycles. The van der Waals surface area contributed by atoms with E-state index >= 15 is 0 Å². The minimum Gasteiger partial charge on any atom is -0.335 e. The molecule has 4 N–H and O–H groups in total. The molecule has 1 amide bonds. The number of amides is 1. The van der Waals surface area contributed by atoms with Crippen LogP contribution in [0.4, 0.5) is 0 Å². The summed E-state index contributed by atoms with van der Waals surface area (Å²) in [7, 11) is 0. The molecule has 0 aliphatic heterocycles. The third kappa shape index (κ3) is 3.78. The van der Waals surface area contributed by atoms with Crippen molar-refractivity contribution in [2.75, 3.05) is 26.2 Å². The second-order valence-corrected chi connectivity index (χ2v) is 7.16. The predicted molar refractivity (Wildman–Crippen MR) is 102 cm³/mol. The van der Waals surface area contributed by atoms with Gasteiger partial charge in [-0.25, -0.2) is 4.68 Å². The lowest BCUT2D eigenvalue weighted by atomic mass is 9.95. The van der Waals surface area contributed by atoms with Crippen molar-refractivity contribution in [3.05, 3.63) is 45.7 Å². The summed E-state index contributed by atoms with van der Waals surface area (Å²) in [5.74, 6) is -0.0669. The van der Waals surface area contributed by atoms with Crippen molar-refractivity contribution >= 4 is 21.8 Å². The maximum atomic E-state index is 13.0. The molecule has 0 unspecified atom stereocenters. The maximum Gasteiger partial charge on any atom is 0.274 e. The van der Waals surface area contributed by atoms with Crippen molar-refractivity contribution in [1.29, 1.82) is 0 Å². The standard InChI is InChI=1S/C18H24BrN5O/c19-13-4-3-5-14(12-13)24-16-7-2-1-6-15(16)17(22-24)18(25)23(10-8-20)11-9-21/h3-5,12H,1-2,6-11,20-21H2. The van der Waals surface area contributed by atoms with E-state index < -0.39 is 0 Å². The molecule has 0 bridgehead atoms. The Labute approximate surface area is 156 Å². The molecule has 6 nitrogen and oxygen atoms in total. The van der Waals surface area contributed by atoms with Gasteiger partial charge in [-0.1, -0.05) is 22.0 Å². The van der Waals surface area contributed by atoms with Gasteiger partial charge < -0.3 is 16.4 Å². The van der Waals surface area contributed by atoms with Gasteiger partial charge in [-0.15, -0.1) is 0 Å². The first-order chi connectivity index (χ1) is 12.2. The van der Waals surface area contributed by atoms with Gasteiger partial charge in [0.05, 0.1) is 5.69 Å². The lowest BCUT2D eigenvalue weighted by molar-refractivity contribution is 0.0757. The third-order valence-electron chi connectivity index (χ3n) is 4.52. The number of nitrogens with zero attached hydrogens (tertiary/aromatic N) is 3. The summed E-state index contributed by atoms with van der Waals surface area (Å²) in [5.41, 5.74) is 15.1. The Morgan fingerprint density at radius 3 is 2.60 bits per heavy atom. The smallest absolute Gasteiger partial charge is 0.274 e. The third-order valence-corrected chi connectivity index (χ3v) is 5.01. The van der Waals surface area contributed by atoms with Gasteiger partial charge in [-0.3, -0.25) is 4.79 Å². The summed E-state index contributed by atoms with van der Waals surface area (Å²) in [4.78, 5) is 14.7. The van der Waals surface area contributed by atoms with E-state index in [1.807, 2.05) is 28.9 Å². The summed E-state index contributed by atoms with van der Waals surface area (Å²) in [6.45, 7) is 1.82. The molecule has 1 heterocycles. The summed E-state index contributed by atoms with van der Waals surface area (Å²) in [5, 5.41) is 4.71. The van der Waals surface area contributed by atoms with Crippen molar-refractivity contribution in [3.63, 3.8) is 0 Å². The van der Waals surface area contributed by atoms with Crippen molar-refractivity contribution in [3.8, 4) is 5.69 Å². The maximum absolute atomic E-state index is 13.0. The van der Waals surface area contributed by atoms with Crippen LogP contribution in [0.25, 0.3) is 5.69 Å². The Hall–Kier alpha value is -1.70. The number of benzene rings is 1. The van der Waals surface area contributed by atoms with Crippen molar-refractivity contribution in [2.45, 2.75) is 25.7 Å². The molecule has 3 rings (SSSR count). The van der Waals surface area contributed by atoms with Gasteiger partial charge in [0, 0.05) is 41.9 Å². The van der Waals surface area contributed by atoms with Gasteiger partial charge in [-0.05, 0) is 43.9 Å². The number of carbonyl (C=O) groups is 1. The number of carbonyl (C=O) groups excluding carboxylic acids is 1. The van der Waals surface area contributed by atoms with Gasteiger partial charge in [0.2, 0.25) is 0 Å². The van der Waals surface area contributed by atoms with Crippen molar-refractivity contribution in [2.24, 2.45) is 11.5 Å². The number of hydrogen-bond acceptors (Lipinski definition) is 4. The molecule has 0 atom stereocenters. The highest BCUT2D eigenvalue weighted by Gasteiger charge is 2.28. The number of rotatable bonds is 6. The SMILES string of the molecule is NCCN(CCN)C(=O)c1nn(-c2cccc(Br)c2)c2c1CCCC2. The molecular weight excluding hydrogens is 382 g/mol. The molecule has 2 aromatic rings. The highest BCUT2D eigenvalue weighted by Crippen LogP contribution is 2.28. The van der Waals surface area contributed by atoms with E-state index in [0.29, 0.717) is 31.9 Å². The second-order valence-electron chi connectivity index (χ2n) is 6.24. The fourth-order valence-corrected chi connectivity index (χ4v) is 3.76. The van der Waals surface area contributed by atoms with E-state index in [-0.39, 0.29) is 5.91 Å². The summed E-state index contributed by atoms with van der Waals surface area (Å²) in [6.07, 6.45) is 4.04. The molecule has 1 aromatic carbocycles. The monoisotopic (exact) mass is 405 g/mol. The molecule has 0 radical (unpaired) electrons. The number of hydrogen-bond donors (Lipinski definition) is 2. The largest absolute Gasteiger partial charge is 0.335 e. The predicted octanol–water partition coefficient (Wildman–Crippen LogP) is 1.87. The Kier molecular flexibility index (Phi) is 5.88. The molecule has 1 aliphatic rings. The molecule has 1 aliphatic carbocycles. The van der Waals surface area contributed by atoms with E-state index in [2.05, 4.69) is 15.9 Å². The summed E-state index contributed by atoms with van der Waals surface area (Å²) >= 11 is 3.51. The molecule has 0 spiro atoms. The number of aromatic nitrogens is 2. The van der Waals surface area contributed by atoms with Gasteiger partial charge in [0.15, 0.2) is 5.69 Å². The average Bonchev–Trinajstić information content (AvgIpc) is 3.01. The first-order valence-corrected chi connectivity index (χ1v) is 9.51. The zero-order valence-corrected chi connectivity index (χ0v) is 15.8. The minimum absolute atomic E-state index is 0.0669. The van der Waals surface area contributed by atoms with Crippen LogP contribution in [0.15, 0.2) is 28.7 Å². The Morgan fingerprint density at radius 1 is 1.20 bits per heavy atom. The van der Waals surface area contributed by atoms with E-state index in [1.54, 1.807) is 4.90 Å². The lowest BCUT2D eigenvalue weighted by Gasteiger charge is -2.21. The molecular formula is C18H24BrN5O. The van der Waals surface area contributed by atoms with Gasteiger partial charge in [-0.2, -0.15) is 5.10 Å². The zero-order valence-electron chi connectivity index (χ0n) is 14.2. The summed E-state index contributed by atoms with van der Waals surface area (Å²) in [6, 6.07) is 7.99. The fraction of sp³-hybridized carbons (Fsp3) is 0.444. The average molecular weight is 406 g/mol. The van der Waals surface area contributed by atoms with Gasteiger partial charge >= 0.3 is 0 Å². The van der Waals surface area contributed by atoms with Crippen LogP contribution in [0.2, 0.25) is 0 Å². The minimum atomic E-state index is -0.0669. The van der Waals surface area contributed by atoms with E-state index in [4.69, 9.17) is 16.6 Å². The number of fused-ring (bicyclic) bond motifs is 1. The van der Waals surface area contributed by atoms with E-state index in [0.717, 1.165) is 47.1 Å². The molecule has 134 valence electrons. The van der Waals surface area contributed by atoms with Crippen LogP contribution >= 0.6 is 15.9 Å². The van der Waals surface area contributed by atoms with Crippen LogP contribution in [0.1, 0.15) is 34.6 Å². The molecule has 1 aromatic heterocycles. The highest BCUT2D eigenvalue weighted by molar-refractivity contribution is 9.10. The quantitative estimate of drug-likeness (QED) is 0.767. The molecule has 0 saturated carbocycles. The van der Waals surface area contributed by atoms with E-state index in [1.165, 1.54) is 0 Å². The highest BCUT2D eigenvalue weighted by atomic mass is 79.9. The summed E-state index contributed by atoms with van der Waals surface area (Å²) < 4.78 is 2.92. The Morgan fingerprint density at radius 2 is 1.92 bits per heavy atom. The van der Waals surface area contributed by atoms with Gasteiger partial charge in [0.25, 0.3) is 5.91 Å². The first-order valence-electron chi connectivity index (χ1n) is 8.71. The van der Waals surface area contributed by atoms with Crippen molar-refractivity contribution < 1.29 is 4.79 Å². The Balaban J connectivity index is 2.04. The molecule has 0 fully saturated rings. The van der Waals surface area contributed by atoms with Crippen molar-refractivity contribution in [1.82, 2.24) is 14.7 Å². The van der Waals surface area contributed by atoms with Crippen LogP contribution < -0.4 is 11.5 Å². The van der Waals surface area contributed by atoms with E-state index in [9.17, 15) is 4.79 Å². The van der Waals surface area contributed by atoms with Crippen LogP contribution in [-0.4, -0.2) is 46.8 Å². The molecule has 25 heavy (non-hydrogen) atoms. The van der Waals surface area contributed by atoms with Gasteiger partial charge in [0.1, 0.15) is 0 Å². The van der Waals surface area contributed by atoms with Crippen LogP contribution in [0.5, 0.6) is 0 Å². The second kappa shape index (κ2) is 8.12. The Bertz CT molecular complexity index is 752. The zero-order chi connectivity index (χ0) is 17.8. The lowest BCUT2D eigenvalue weighted by Crippen LogP contribution is -2.39.